The van der Waals surface area contributed by atoms with Crippen molar-refractivity contribution in [2.24, 2.45) is 0 Å². The van der Waals surface area contributed by atoms with Gasteiger partial charge in [0.05, 0.1) is 29.0 Å². The van der Waals surface area contributed by atoms with Gasteiger partial charge in [-0.2, -0.15) is 0 Å². The van der Waals surface area contributed by atoms with E-state index in [1.165, 1.54) is 0 Å². The topological polar surface area (TPSA) is 57.6 Å². The van der Waals surface area contributed by atoms with Crippen molar-refractivity contribution in [1.29, 1.82) is 0 Å². The maximum absolute atomic E-state index is 12.4. The van der Waals surface area contributed by atoms with E-state index in [0.717, 1.165) is 31.5 Å². The standard InChI is InChI=1S/C15H23NO3S/c1-2-11-20(18,19)15-9-4-3-8-14(15)16-10-6-5-7-13(16)12-17/h3-4,8-9,13,17H,2,5-7,10-12H2,1H3. The molecule has 1 saturated heterocycles. The second-order valence-corrected chi connectivity index (χ2v) is 7.39. The fourth-order valence-electron chi connectivity index (χ4n) is 2.84. The molecule has 5 heteroatoms. The molecule has 1 fully saturated rings. The number of hydrogen-bond acceptors (Lipinski definition) is 4. The molecule has 1 aliphatic heterocycles. The lowest BCUT2D eigenvalue weighted by atomic mass is 10.0. The van der Waals surface area contributed by atoms with Gasteiger partial charge in [-0.05, 0) is 37.8 Å². The van der Waals surface area contributed by atoms with Gasteiger partial charge in [-0.25, -0.2) is 8.42 Å². The van der Waals surface area contributed by atoms with Gasteiger partial charge in [0.25, 0.3) is 0 Å². The molecule has 0 radical (unpaired) electrons. The van der Waals surface area contributed by atoms with Crippen molar-refractivity contribution in [3.05, 3.63) is 24.3 Å². The smallest absolute Gasteiger partial charge is 0.180 e. The summed E-state index contributed by atoms with van der Waals surface area (Å²) in [6, 6.07) is 7.20. The van der Waals surface area contributed by atoms with Gasteiger partial charge in [-0.3, -0.25) is 0 Å². The number of piperidine rings is 1. The van der Waals surface area contributed by atoms with Crippen LogP contribution in [0.4, 0.5) is 5.69 Å². The zero-order chi connectivity index (χ0) is 14.6. The fourth-order valence-corrected chi connectivity index (χ4v) is 4.39. The van der Waals surface area contributed by atoms with E-state index in [1.807, 2.05) is 19.1 Å². The summed E-state index contributed by atoms with van der Waals surface area (Å²) in [5.74, 6) is 0.168. The molecule has 0 spiro atoms. The van der Waals surface area contributed by atoms with Crippen LogP contribution < -0.4 is 4.90 Å². The van der Waals surface area contributed by atoms with Gasteiger partial charge in [-0.1, -0.05) is 19.1 Å². The summed E-state index contributed by atoms with van der Waals surface area (Å²) in [5.41, 5.74) is 0.750. The van der Waals surface area contributed by atoms with Crippen molar-refractivity contribution in [2.75, 3.05) is 23.8 Å². The summed E-state index contributed by atoms with van der Waals surface area (Å²) >= 11 is 0. The van der Waals surface area contributed by atoms with Crippen LogP contribution in [-0.2, 0) is 9.84 Å². The van der Waals surface area contributed by atoms with Gasteiger partial charge >= 0.3 is 0 Å². The monoisotopic (exact) mass is 297 g/mol. The summed E-state index contributed by atoms with van der Waals surface area (Å²) in [5, 5.41) is 9.53. The zero-order valence-electron chi connectivity index (χ0n) is 12.0. The summed E-state index contributed by atoms with van der Waals surface area (Å²) in [4.78, 5) is 2.47. The number of sulfone groups is 1. The first-order chi connectivity index (χ1) is 9.60. The molecule has 0 bridgehead atoms. The van der Waals surface area contributed by atoms with Gasteiger partial charge < -0.3 is 10.0 Å². The number of hydrogen-bond donors (Lipinski definition) is 1. The van der Waals surface area contributed by atoms with Crippen molar-refractivity contribution in [1.82, 2.24) is 0 Å². The predicted octanol–water partition coefficient (Wildman–Crippen LogP) is 2.22. The van der Waals surface area contributed by atoms with Crippen LogP contribution in [0.2, 0.25) is 0 Å². The van der Waals surface area contributed by atoms with Crippen LogP contribution >= 0.6 is 0 Å². The van der Waals surface area contributed by atoms with Gasteiger partial charge in [0, 0.05) is 6.54 Å². The Bertz CT molecular complexity index is 542. The Labute approximate surface area is 121 Å². The number of benzene rings is 1. The largest absolute Gasteiger partial charge is 0.394 e. The van der Waals surface area contributed by atoms with Crippen molar-refractivity contribution in [3.63, 3.8) is 0 Å². The third-order valence-corrected chi connectivity index (χ3v) is 5.78. The molecular weight excluding hydrogens is 274 g/mol. The number of nitrogens with zero attached hydrogens (tertiary/aromatic N) is 1. The average molecular weight is 297 g/mol. The van der Waals surface area contributed by atoms with E-state index >= 15 is 0 Å². The minimum absolute atomic E-state index is 0.0294. The van der Waals surface area contributed by atoms with E-state index in [0.29, 0.717) is 11.3 Å². The van der Waals surface area contributed by atoms with Crippen molar-refractivity contribution < 1.29 is 13.5 Å². The van der Waals surface area contributed by atoms with Crippen LogP contribution in [-0.4, -0.2) is 38.5 Å². The zero-order valence-corrected chi connectivity index (χ0v) is 12.8. The van der Waals surface area contributed by atoms with Crippen molar-refractivity contribution in [2.45, 2.75) is 43.5 Å². The highest BCUT2D eigenvalue weighted by Gasteiger charge is 2.27. The maximum Gasteiger partial charge on any atom is 0.180 e. The third-order valence-electron chi connectivity index (χ3n) is 3.82. The lowest BCUT2D eigenvalue weighted by Gasteiger charge is -2.37. The molecule has 1 aliphatic rings. The molecule has 1 aromatic carbocycles. The van der Waals surface area contributed by atoms with E-state index in [1.54, 1.807) is 12.1 Å². The highest BCUT2D eigenvalue weighted by Crippen LogP contribution is 2.31. The SMILES string of the molecule is CCCS(=O)(=O)c1ccccc1N1CCCCC1CO. The Morgan fingerprint density at radius 2 is 2.05 bits per heavy atom. The van der Waals surface area contributed by atoms with Crippen molar-refractivity contribution in [3.8, 4) is 0 Å². The second kappa shape index (κ2) is 6.59. The molecule has 20 heavy (non-hydrogen) atoms. The van der Waals surface area contributed by atoms with Gasteiger partial charge in [-0.15, -0.1) is 0 Å². The molecule has 1 heterocycles. The highest BCUT2D eigenvalue weighted by atomic mass is 32.2. The first-order valence-corrected chi connectivity index (χ1v) is 8.94. The fraction of sp³-hybridized carbons (Fsp3) is 0.600. The molecule has 0 aliphatic carbocycles. The first-order valence-electron chi connectivity index (χ1n) is 7.29. The Balaban J connectivity index is 2.41. The molecule has 0 saturated carbocycles. The van der Waals surface area contributed by atoms with E-state index < -0.39 is 9.84 Å². The summed E-state index contributed by atoms with van der Waals surface area (Å²) in [7, 11) is -3.25. The number of aliphatic hydroxyl groups excluding tert-OH is 1. The molecule has 2 rings (SSSR count). The van der Waals surface area contributed by atoms with E-state index in [9.17, 15) is 13.5 Å². The molecular formula is C15H23NO3S. The Kier molecular flexibility index (Phi) is 5.05. The van der Waals surface area contributed by atoms with Crippen LogP contribution in [0.5, 0.6) is 0 Å². The van der Waals surface area contributed by atoms with Gasteiger partial charge in [0.1, 0.15) is 0 Å². The normalized spacial score (nSPS) is 20.1. The van der Waals surface area contributed by atoms with Crippen LogP contribution in [0.1, 0.15) is 32.6 Å². The Morgan fingerprint density at radius 3 is 2.75 bits per heavy atom. The molecule has 1 atom stereocenters. The number of aliphatic hydroxyl groups is 1. The van der Waals surface area contributed by atoms with Crippen LogP contribution in [0.25, 0.3) is 0 Å². The molecule has 1 unspecified atom stereocenters. The van der Waals surface area contributed by atoms with E-state index in [4.69, 9.17) is 0 Å². The first kappa shape index (κ1) is 15.3. The minimum Gasteiger partial charge on any atom is -0.394 e. The second-order valence-electron chi connectivity index (χ2n) is 5.31. The van der Waals surface area contributed by atoms with E-state index in [2.05, 4.69) is 4.90 Å². The van der Waals surface area contributed by atoms with Crippen LogP contribution in [0, 0.1) is 0 Å². The number of para-hydroxylation sites is 1. The molecule has 1 aromatic rings. The molecule has 112 valence electrons. The summed E-state index contributed by atoms with van der Waals surface area (Å²) in [6.07, 6.45) is 3.66. The summed E-state index contributed by atoms with van der Waals surface area (Å²) < 4.78 is 24.8. The highest BCUT2D eigenvalue weighted by molar-refractivity contribution is 7.91. The Hall–Kier alpha value is -1.07. The maximum atomic E-state index is 12.4. The minimum atomic E-state index is -3.25. The van der Waals surface area contributed by atoms with Gasteiger partial charge in [0.2, 0.25) is 0 Å². The average Bonchev–Trinajstić information content (AvgIpc) is 2.47. The van der Waals surface area contributed by atoms with Crippen LogP contribution in [0.3, 0.4) is 0 Å². The lowest BCUT2D eigenvalue weighted by molar-refractivity contribution is 0.239. The Morgan fingerprint density at radius 1 is 1.30 bits per heavy atom. The van der Waals surface area contributed by atoms with Crippen molar-refractivity contribution >= 4 is 15.5 Å². The molecule has 4 nitrogen and oxygen atoms in total. The quantitative estimate of drug-likeness (QED) is 0.905. The number of rotatable bonds is 5. The lowest BCUT2D eigenvalue weighted by Crippen LogP contribution is -2.42. The summed E-state index contributed by atoms with van der Waals surface area (Å²) in [6.45, 7) is 2.75. The third kappa shape index (κ3) is 3.15. The number of anilines is 1. The molecule has 0 aromatic heterocycles. The predicted molar refractivity (Wildman–Crippen MR) is 80.9 cm³/mol. The molecule has 1 N–H and O–H groups in total. The van der Waals surface area contributed by atoms with Gasteiger partial charge in [0.15, 0.2) is 9.84 Å². The molecule has 0 amide bonds. The van der Waals surface area contributed by atoms with E-state index in [-0.39, 0.29) is 18.4 Å². The van der Waals surface area contributed by atoms with Crippen LogP contribution in [0.15, 0.2) is 29.2 Å².